The van der Waals surface area contributed by atoms with Crippen LogP contribution in [-0.4, -0.2) is 6.36 Å². The lowest BCUT2D eigenvalue weighted by molar-refractivity contribution is -0.432. The molecule has 0 N–H and O–H groups in total. The van der Waals surface area contributed by atoms with E-state index in [1.807, 2.05) is 6.92 Å². The zero-order chi connectivity index (χ0) is 26.0. The van der Waals surface area contributed by atoms with Gasteiger partial charge < -0.3 is 4.74 Å². The van der Waals surface area contributed by atoms with Gasteiger partial charge in [0.1, 0.15) is 22.9 Å². The van der Waals surface area contributed by atoms with Crippen molar-refractivity contribution in [3.8, 4) is 16.9 Å². The van der Waals surface area contributed by atoms with Gasteiger partial charge in [-0.2, -0.15) is 17.6 Å². The zero-order valence-electron chi connectivity index (χ0n) is 17.9. The molecule has 0 aromatic heterocycles. The van der Waals surface area contributed by atoms with Gasteiger partial charge in [0.15, 0.2) is 0 Å². The summed E-state index contributed by atoms with van der Waals surface area (Å²) in [7, 11) is 0. The Morgan fingerprint density at radius 2 is 1.23 bits per heavy atom. The van der Waals surface area contributed by atoms with E-state index in [9.17, 15) is 39.5 Å². The van der Waals surface area contributed by atoms with Crippen molar-refractivity contribution in [3.05, 3.63) is 89.0 Å². The van der Waals surface area contributed by atoms with E-state index in [0.717, 1.165) is 42.7 Å². The maximum atomic E-state index is 14.5. The summed E-state index contributed by atoms with van der Waals surface area (Å²) >= 11 is 0. The first-order chi connectivity index (χ1) is 16.2. The van der Waals surface area contributed by atoms with Crippen molar-refractivity contribution in [1.29, 1.82) is 0 Å². The van der Waals surface area contributed by atoms with Crippen LogP contribution in [-0.2, 0) is 23.4 Å². The van der Waals surface area contributed by atoms with Crippen molar-refractivity contribution >= 4 is 0 Å². The normalized spacial score (nSPS) is 12.6. The van der Waals surface area contributed by atoms with E-state index >= 15 is 0 Å². The highest BCUT2D eigenvalue weighted by Crippen LogP contribution is 2.40. The van der Waals surface area contributed by atoms with Crippen LogP contribution in [0.2, 0.25) is 0 Å². The summed E-state index contributed by atoms with van der Waals surface area (Å²) in [5, 5.41) is 0. The quantitative estimate of drug-likeness (QED) is 0.285. The van der Waals surface area contributed by atoms with E-state index in [4.69, 9.17) is 4.74 Å². The van der Waals surface area contributed by atoms with E-state index in [1.165, 1.54) is 12.1 Å². The second kappa shape index (κ2) is 9.80. The van der Waals surface area contributed by atoms with Crippen LogP contribution in [0.4, 0.5) is 39.5 Å². The van der Waals surface area contributed by atoms with Gasteiger partial charge in [0.25, 0.3) is 0 Å². The number of rotatable bonds is 8. The molecular weight excluding hydrogens is 491 g/mol. The lowest BCUT2D eigenvalue weighted by atomic mass is 10.0. The molecule has 0 atom stereocenters. The summed E-state index contributed by atoms with van der Waals surface area (Å²) in [6.45, 7) is 1.95. The Kier molecular flexibility index (Phi) is 7.39. The number of alkyl halides is 7. The Balaban J connectivity index is 1.81. The van der Waals surface area contributed by atoms with Crippen molar-refractivity contribution in [3.63, 3.8) is 0 Å². The largest absolute Gasteiger partial charge is 0.527 e. The van der Waals surface area contributed by atoms with Gasteiger partial charge >= 0.3 is 18.6 Å². The van der Waals surface area contributed by atoms with Gasteiger partial charge in [0.05, 0.1) is 5.56 Å². The molecule has 0 aliphatic carbocycles. The van der Waals surface area contributed by atoms with Crippen LogP contribution in [0.15, 0.2) is 60.7 Å². The van der Waals surface area contributed by atoms with Crippen molar-refractivity contribution in [1.82, 2.24) is 0 Å². The van der Waals surface area contributed by atoms with Gasteiger partial charge in [0.2, 0.25) is 0 Å². The maximum Gasteiger partial charge on any atom is 0.527 e. The molecule has 0 bridgehead atoms. The molecule has 0 unspecified atom stereocenters. The average Bonchev–Trinajstić information content (AvgIpc) is 2.72. The van der Waals surface area contributed by atoms with Gasteiger partial charge in [-0.15, -0.1) is 13.2 Å². The molecule has 35 heavy (non-hydrogen) atoms. The van der Waals surface area contributed by atoms with Gasteiger partial charge in [-0.25, -0.2) is 13.5 Å². The number of hydrogen-bond acceptors (Lipinski definition) is 2. The van der Waals surface area contributed by atoms with Gasteiger partial charge in [0, 0.05) is 0 Å². The Morgan fingerprint density at radius 3 is 1.71 bits per heavy atom. The van der Waals surface area contributed by atoms with Crippen molar-refractivity contribution in [2.45, 2.75) is 38.3 Å². The monoisotopic (exact) mass is 508 g/mol. The highest BCUT2D eigenvalue weighted by Gasteiger charge is 2.49. The Morgan fingerprint density at radius 1 is 0.686 bits per heavy atom. The predicted molar refractivity (Wildman–Crippen MR) is 108 cm³/mol. The Hall–Kier alpha value is -3.21. The first kappa shape index (κ1) is 26.4. The lowest BCUT2D eigenvalue weighted by Gasteiger charge is -2.20. The molecule has 0 fully saturated rings. The highest BCUT2D eigenvalue weighted by molar-refractivity contribution is 5.65. The Labute approximate surface area is 193 Å². The minimum Gasteiger partial charge on any atom is -0.429 e. The Bertz CT molecular complexity index is 1130. The summed E-state index contributed by atoms with van der Waals surface area (Å²) < 4.78 is 128. The van der Waals surface area contributed by atoms with E-state index in [1.54, 1.807) is 12.1 Å². The standard InChI is InChI=1S/C24H17F9O2/c1-2-3-14-4-8-17(9-5-14)22(27,28)34-18-10-6-15(7-11-18)16-12-19(25)21(20(26)13-16)23(29,30)35-24(31,32)33/h4-13H,2-3H2,1H3. The van der Waals surface area contributed by atoms with Crippen molar-refractivity contribution in [2.24, 2.45) is 0 Å². The fourth-order valence-electron chi connectivity index (χ4n) is 3.29. The van der Waals surface area contributed by atoms with E-state index in [2.05, 4.69) is 4.74 Å². The van der Waals surface area contributed by atoms with Crippen LogP contribution in [0.25, 0.3) is 11.1 Å². The van der Waals surface area contributed by atoms with Gasteiger partial charge in [-0.3, -0.25) is 0 Å². The second-order valence-electron chi connectivity index (χ2n) is 7.47. The van der Waals surface area contributed by atoms with Crippen LogP contribution in [0, 0.1) is 11.6 Å². The fraction of sp³-hybridized carbons (Fsp3) is 0.250. The molecule has 11 heteroatoms. The van der Waals surface area contributed by atoms with E-state index in [0.29, 0.717) is 12.1 Å². The SMILES string of the molecule is CCCc1ccc(C(F)(F)Oc2ccc(-c3cc(F)c(C(F)(F)OC(F)(F)F)c(F)c3)cc2)cc1. The number of ether oxygens (including phenoxy) is 2. The molecule has 0 amide bonds. The molecule has 0 saturated heterocycles. The molecule has 3 rings (SSSR count). The number of aryl methyl sites for hydroxylation is 1. The summed E-state index contributed by atoms with van der Waals surface area (Å²) in [6.07, 6.45) is -13.3. The molecular formula is C24H17F9O2. The molecule has 0 radical (unpaired) electrons. The molecule has 0 aliphatic heterocycles. The van der Waals surface area contributed by atoms with Gasteiger partial charge in [-0.1, -0.05) is 37.6 Å². The highest BCUT2D eigenvalue weighted by atomic mass is 19.4. The number of hydrogen-bond donors (Lipinski definition) is 0. The van der Waals surface area contributed by atoms with Crippen LogP contribution >= 0.6 is 0 Å². The molecule has 188 valence electrons. The van der Waals surface area contributed by atoms with Crippen molar-refractivity contribution in [2.75, 3.05) is 0 Å². The zero-order valence-corrected chi connectivity index (χ0v) is 17.9. The summed E-state index contributed by atoms with van der Waals surface area (Å²) in [5.41, 5.74) is -2.08. The molecule has 3 aromatic rings. The third kappa shape index (κ3) is 6.47. The molecule has 0 spiro atoms. The van der Waals surface area contributed by atoms with Crippen molar-refractivity contribution < 1.29 is 49.0 Å². The van der Waals surface area contributed by atoms with Crippen LogP contribution in [0.3, 0.4) is 0 Å². The smallest absolute Gasteiger partial charge is 0.429 e. The third-order valence-corrected chi connectivity index (χ3v) is 4.84. The van der Waals surface area contributed by atoms with E-state index < -0.39 is 41.3 Å². The fourth-order valence-corrected chi connectivity index (χ4v) is 3.29. The van der Waals surface area contributed by atoms with E-state index in [-0.39, 0.29) is 16.9 Å². The molecule has 0 aliphatic rings. The molecule has 0 heterocycles. The molecule has 2 nitrogen and oxygen atoms in total. The minimum atomic E-state index is -5.85. The first-order valence-corrected chi connectivity index (χ1v) is 10.1. The second-order valence-corrected chi connectivity index (χ2v) is 7.47. The predicted octanol–water partition coefficient (Wildman–Crippen LogP) is 8.30. The summed E-state index contributed by atoms with van der Waals surface area (Å²) in [4.78, 5) is 0. The molecule has 0 saturated carbocycles. The molecule has 3 aromatic carbocycles. The third-order valence-electron chi connectivity index (χ3n) is 4.84. The van der Waals surface area contributed by atoms with Gasteiger partial charge in [-0.05, 0) is 59.5 Å². The summed E-state index contributed by atoms with van der Waals surface area (Å²) in [5.74, 6) is -4.29. The lowest BCUT2D eigenvalue weighted by Crippen LogP contribution is -2.29. The van der Waals surface area contributed by atoms with Crippen LogP contribution < -0.4 is 4.74 Å². The topological polar surface area (TPSA) is 18.5 Å². The number of halogens is 9. The average molecular weight is 508 g/mol. The summed E-state index contributed by atoms with van der Waals surface area (Å²) in [6, 6.07) is 10.6. The number of benzene rings is 3. The van der Waals surface area contributed by atoms with Crippen LogP contribution in [0.5, 0.6) is 5.75 Å². The minimum absolute atomic E-state index is 0.00556. The van der Waals surface area contributed by atoms with Crippen LogP contribution in [0.1, 0.15) is 30.0 Å². The maximum absolute atomic E-state index is 14.5. The first-order valence-electron chi connectivity index (χ1n) is 10.1.